The summed E-state index contributed by atoms with van der Waals surface area (Å²) < 4.78 is 0. The summed E-state index contributed by atoms with van der Waals surface area (Å²) in [6, 6.07) is 0. The van der Waals surface area contributed by atoms with E-state index < -0.39 is 0 Å². The van der Waals surface area contributed by atoms with Gasteiger partial charge in [0.05, 0.1) is 0 Å². The summed E-state index contributed by atoms with van der Waals surface area (Å²) in [4.78, 5) is 0. The van der Waals surface area contributed by atoms with Gasteiger partial charge < -0.3 is 20.4 Å². The Kier molecular flexibility index (Phi) is 106. The summed E-state index contributed by atoms with van der Waals surface area (Å²) in [6.45, 7) is 13.8. The van der Waals surface area contributed by atoms with Crippen LogP contribution in [0.1, 0.15) is 55.4 Å². The van der Waals surface area contributed by atoms with Crippen LogP contribution < -0.4 is 0 Å². The molecule has 0 spiro atoms. The molecule has 0 heterocycles. The largest absolute Gasteiger partial charge is 0.394 e. The van der Waals surface area contributed by atoms with Crippen LogP contribution in [0.3, 0.4) is 0 Å². The molecule has 120 valence electrons. The monoisotopic (exact) mass is 432 g/mol. The van der Waals surface area contributed by atoms with Crippen molar-refractivity contribution in [2.75, 3.05) is 0 Å². The average molecular weight is 432 g/mol. The summed E-state index contributed by atoms with van der Waals surface area (Å²) in [5, 5.41) is 32.2. The molecule has 20 heavy (non-hydrogen) atoms. The van der Waals surface area contributed by atoms with Crippen molar-refractivity contribution in [2.24, 2.45) is 0 Å². The van der Waals surface area contributed by atoms with Gasteiger partial charge in [0.2, 0.25) is 0 Å². The first kappa shape index (κ1) is 49.5. The normalized spacial score (nSPS) is 7.20. The fraction of sp³-hybridized carbons (Fsp3) is 1.00. The SMILES string of the molecule is CC(C)O.CC(C)O.CC(C)O.CC(C)O.[Ti].[Ti].[Ti].[Ti]. The molecule has 0 radical (unpaired) electrons. The molecule has 4 N–H and O–H groups in total. The predicted molar refractivity (Wildman–Crippen MR) is 69.4 cm³/mol. The molecular weight excluding hydrogens is 400 g/mol. The van der Waals surface area contributed by atoms with E-state index in [9.17, 15) is 0 Å². The topological polar surface area (TPSA) is 80.9 Å². The summed E-state index contributed by atoms with van der Waals surface area (Å²) >= 11 is 0. The number of hydrogen-bond donors (Lipinski definition) is 4. The zero-order valence-corrected chi connectivity index (χ0v) is 20.3. The van der Waals surface area contributed by atoms with Gasteiger partial charge in [-0.1, -0.05) is 0 Å². The first-order valence-electron chi connectivity index (χ1n) is 5.65. The maximum atomic E-state index is 8.06. The smallest absolute Gasteiger partial charge is 0.0483 e. The van der Waals surface area contributed by atoms with Gasteiger partial charge in [-0.2, -0.15) is 0 Å². The molecule has 0 aromatic rings. The second kappa shape index (κ2) is 43.0. The third kappa shape index (κ3) is 1100. The summed E-state index contributed by atoms with van der Waals surface area (Å²) in [5.41, 5.74) is 0. The van der Waals surface area contributed by atoms with Crippen LogP contribution in [-0.4, -0.2) is 44.8 Å². The molecule has 0 aliphatic rings. The van der Waals surface area contributed by atoms with Gasteiger partial charge in [0.1, 0.15) is 0 Å². The minimum atomic E-state index is -0.167. The van der Waals surface area contributed by atoms with Crippen LogP contribution in [0.25, 0.3) is 0 Å². The van der Waals surface area contributed by atoms with Crippen molar-refractivity contribution in [1.82, 2.24) is 0 Å². The second-order valence-corrected chi connectivity index (χ2v) is 4.37. The molecule has 0 aliphatic heterocycles. The van der Waals surface area contributed by atoms with Crippen molar-refractivity contribution in [1.29, 1.82) is 0 Å². The number of aliphatic hydroxyl groups is 4. The third-order valence-corrected chi connectivity index (χ3v) is 0. The van der Waals surface area contributed by atoms with Gasteiger partial charge in [-0.3, -0.25) is 0 Å². The van der Waals surface area contributed by atoms with E-state index in [-0.39, 0.29) is 111 Å². The Bertz CT molecular complexity index is 70.4. The van der Waals surface area contributed by atoms with Gasteiger partial charge in [-0.15, -0.1) is 0 Å². The Morgan fingerprint density at radius 3 is 0.350 bits per heavy atom. The van der Waals surface area contributed by atoms with E-state index in [1.54, 1.807) is 55.4 Å². The van der Waals surface area contributed by atoms with Gasteiger partial charge in [0.25, 0.3) is 0 Å². The molecule has 0 aromatic carbocycles. The minimum absolute atomic E-state index is 0. The van der Waals surface area contributed by atoms with Crippen LogP contribution in [0, 0.1) is 0 Å². The summed E-state index contributed by atoms with van der Waals surface area (Å²) in [5.74, 6) is 0. The van der Waals surface area contributed by atoms with Gasteiger partial charge in [0.15, 0.2) is 0 Å². The molecule has 4 nitrogen and oxygen atoms in total. The predicted octanol–water partition coefficient (Wildman–Crippen LogP) is 1.54. The van der Waals surface area contributed by atoms with Gasteiger partial charge in [-0.25, -0.2) is 0 Å². The quantitative estimate of drug-likeness (QED) is 0.439. The maximum Gasteiger partial charge on any atom is 0.0483 e. The van der Waals surface area contributed by atoms with E-state index in [4.69, 9.17) is 20.4 Å². The van der Waals surface area contributed by atoms with Gasteiger partial charge in [-0.05, 0) is 55.4 Å². The van der Waals surface area contributed by atoms with Crippen LogP contribution in [0.15, 0.2) is 0 Å². The van der Waals surface area contributed by atoms with Gasteiger partial charge in [0, 0.05) is 111 Å². The molecule has 0 unspecified atom stereocenters. The standard InChI is InChI=1S/4C3H8O.4Ti/c4*1-3(2)4;;;;/h4*3-4H,1-2H3;;;;. The van der Waals surface area contributed by atoms with E-state index >= 15 is 0 Å². The molecule has 8 heteroatoms. The molecule has 0 aromatic heterocycles. The molecule has 0 aliphatic carbocycles. The van der Waals surface area contributed by atoms with E-state index in [2.05, 4.69) is 0 Å². The van der Waals surface area contributed by atoms with Crippen LogP contribution in [0.4, 0.5) is 0 Å². The fourth-order valence-electron chi connectivity index (χ4n) is 0. The second-order valence-electron chi connectivity index (χ2n) is 4.37. The Morgan fingerprint density at radius 2 is 0.350 bits per heavy atom. The molecule has 0 bridgehead atoms. The van der Waals surface area contributed by atoms with Crippen LogP contribution in [0.2, 0.25) is 0 Å². The average Bonchev–Trinajstić information content (AvgIpc) is 1.76. The zero-order chi connectivity index (χ0) is 14.3. The van der Waals surface area contributed by atoms with Crippen molar-refractivity contribution in [2.45, 2.75) is 79.8 Å². The molecule has 0 amide bonds. The number of hydrogen-bond acceptors (Lipinski definition) is 4. The first-order chi connectivity index (χ1) is 6.93. The van der Waals surface area contributed by atoms with E-state index in [0.717, 1.165) is 0 Å². The molecule has 0 fully saturated rings. The van der Waals surface area contributed by atoms with E-state index in [1.807, 2.05) is 0 Å². The van der Waals surface area contributed by atoms with Crippen LogP contribution in [-0.2, 0) is 86.9 Å². The van der Waals surface area contributed by atoms with E-state index in [1.165, 1.54) is 0 Å². The number of aliphatic hydroxyl groups excluding tert-OH is 4. The fourth-order valence-corrected chi connectivity index (χ4v) is 0. The number of rotatable bonds is 0. The van der Waals surface area contributed by atoms with Gasteiger partial charge >= 0.3 is 0 Å². The Balaban J connectivity index is -0.0000000150. The molecular formula is C12H32O4Ti4. The Morgan fingerprint density at radius 1 is 0.350 bits per heavy atom. The van der Waals surface area contributed by atoms with Crippen molar-refractivity contribution >= 4 is 0 Å². The molecule has 0 atom stereocenters. The summed E-state index contributed by atoms with van der Waals surface area (Å²) in [7, 11) is 0. The maximum absolute atomic E-state index is 8.06. The van der Waals surface area contributed by atoms with Crippen LogP contribution >= 0.6 is 0 Å². The first-order valence-corrected chi connectivity index (χ1v) is 5.65. The summed E-state index contributed by atoms with van der Waals surface area (Å²) in [6.07, 6.45) is -0.667. The molecule has 0 saturated carbocycles. The zero-order valence-electron chi connectivity index (χ0n) is 14.1. The molecule has 0 saturated heterocycles. The van der Waals surface area contributed by atoms with Crippen molar-refractivity contribution in [3.05, 3.63) is 0 Å². The third-order valence-electron chi connectivity index (χ3n) is 0. The van der Waals surface area contributed by atoms with Crippen molar-refractivity contribution in [3.63, 3.8) is 0 Å². The van der Waals surface area contributed by atoms with Crippen molar-refractivity contribution < 1.29 is 107 Å². The van der Waals surface area contributed by atoms with Crippen molar-refractivity contribution in [3.8, 4) is 0 Å². The van der Waals surface area contributed by atoms with E-state index in [0.29, 0.717) is 0 Å². The molecule has 0 rings (SSSR count). The Labute approximate surface area is 185 Å². The Hall–Kier alpha value is 2.70. The van der Waals surface area contributed by atoms with Crippen LogP contribution in [0.5, 0.6) is 0 Å². The minimum Gasteiger partial charge on any atom is -0.394 e.